The Hall–Kier alpha value is -2.54. The van der Waals surface area contributed by atoms with Gasteiger partial charge in [0, 0.05) is 46.3 Å². The van der Waals surface area contributed by atoms with Crippen molar-refractivity contribution in [2.75, 3.05) is 49.9 Å². The highest BCUT2D eigenvalue weighted by molar-refractivity contribution is 6.35. The van der Waals surface area contributed by atoms with Crippen molar-refractivity contribution >= 4 is 40.3 Å². The zero-order valence-corrected chi connectivity index (χ0v) is 15.6. The lowest BCUT2D eigenvalue weighted by Gasteiger charge is -2.16. The van der Waals surface area contributed by atoms with Gasteiger partial charge in [0.15, 0.2) is 0 Å². The largest absolute Gasteiger partial charge is 0.360 e. The van der Waals surface area contributed by atoms with E-state index in [1.807, 2.05) is 56.3 Å². The molecule has 7 nitrogen and oxygen atoms in total. The van der Waals surface area contributed by atoms with Gasteiger partial charge in [-0.25, -0.2) is 0 Å². The Labute approximate surface area is 152 Å². The van der Waals surface area contributed by atoms with Gasteiger partial charge in [0.1, 0.15) is 0 Å². The van der Waals surface area contributed by atoms with Crippen LogP contribution in [0.15, 0.2) is 24.4 Å². The van der Waals surface area contributed by atoms with Crippen molar-refractivity contribution in [3.63, 3.8) is 0 Å². The van der Waals surface area contributed by atoms with E-state index in [4.69, 9.17) is 11.6 Å². The summed E-state index contributed by atoms with van der Waals surface area (Å²) in [5, 5.41) is 5.17. The van der Waals surface area contributed by atoms with E-state index in [0.717, 1.165) is 22.3 Å². The van der Waals surface area contributed by atoms with Gasteiger partial charge in [-0.3, -0.25) is 0 Å². The quantitative estimate of drug-likeness (QED) is 0.705. The summed E-state index contributed by atoms with van der Waals surface area (Å²) >= 11 is 6.21. The van der Waals surface area contributed by atoms with Gasteiger partial charge in [0.2, 0.25) is 17.8 Å². The monoisotopic (exact) mass is 359 g/mol. The second-order valence-corrected chi connectivity index (χ2v) is 6.61. The predicted octanol–water partition coefficient (Wildman–Crippen LogP) is 2.79. The number of H-pyrrole nitrogens is 1. The molecule has 0 aliphatic heterocycles. The molecule has 2 aromatic heterocycles. The lowest BCUT2D eigenvalue weighted by molar-refractivity contribution is 0.901. The molecule has 0 aliphatic carbocycles. The molecule has 132 valence electrons. The van der Waals surface area contributed by atoms with Crippen LogP contribution in [0.4, 0.5) is 17.8 Å². The van der Waals surface area contributed by atoms with E-state index in [1.54, 1.807) is 0 Å². The molecule has 2 heterocycles. The predicted molar refractivity (Wildman–Crippen MR) is 104 cm³/mol. The van der Waals surface area contributed by atoms with Crippen molar-refractivity contribution in [3.8, 4) is 0 Å². The molecule has 0 atom stereocenters. The number of nitrogens with one attached hydrogen (secondary N) is 2. The first-order valence-corrected chi connectivity index (χ1v) is 8.42. The molecule has 3 rings (SSSR count). The SMILES string of the molecule is CN(C)c1nc(NCCc2c[nH]c3c(Cl)cccc23)nc(N(C)C)n1. The van der Waals surface area contributed by atoms with Crippen LogP contribution in [0.3, 0.4) is 0 Å². The van der Waals surface area contributed by atoms with Gasteiger partial charge in [-0.15, -0.1) is 0 Å². The summed E-state index contributed by atoms with van der Waals surface area (Å²) in [4.78, 5) is 20.3. The molecular weight excluding hydrogens is 338 g/mol. The summed E-state index contributed by atoms with van der Waals surface area (Å²) in [5.74, 6) is 1.82. The molecule has 0 unspecified atom stereocenters. The van der Waals surface area contributed by atoms with E-state index in [2.05, 4.69) is 31.3 Å². The molecule has 0 saturated heterocycles. The van der Waals surface area contributed by atoms with E-state index >= 15 is 0 Å². The normalized spacial score (nSPS) is 10.9. The molecule has 25 heavy (non-hydrogen) atoms. The molecule has 0 bridgehead atoms. The Kier molecular flexibility index (Phi) is 4.94. The third-order valence-corrected chi connectivity index (χ3v) is 4.15. The molecule has 0 aliphatic rings. The van der Waals surface area contributed by atoms with Gasteiger partial charge >= 0.3 is 0 Å². The number of halogens is 1. The van der Waals surface area contributed by atoms with Crippen LogP contribution in [0.25, 0.3) is 10.9 Å². The molecule has 1 aromatic carbocycles. The summed E-state index contributed by atoms with van der Waals surface area (Å²) in [6.45, 7) is 0.712. The summed E-state index contributed by atoms with van der Waals surface area (Å²) in [6.07, 6.45) is 2.84. The number of para-hydroxylation sites is 1. The van der Waals surface area contributed by atoms with E-state index in [1.165, 1.54) is 5.56 Å². The van der Waals surface area contributed by atoms with E-state index in [0.29, 0.717) is 24.4 Å². The summed E-state index contributed by atoms with van der Waals surface area (Å²) in [7, 11) is 7.64. The van der Waals surface area contributed by atoms with Gasteiger partial charge in [0.25, 0.3) is 0 Å². The number of anilines is 3. The fraction of sp³-hybridized carbons (Fsp3) is 0.353. The maximum absolute atomic E-state index is 6.21. The van der Waals surface area contributed by atoms with Gasteiger partial charge < -0.3 is 20.1 Å². The van der Waals surface area contributed by atoms with Crippen LogP contribution >= 0.6 is 11.6 Å². The highest BCUT2D eigenvalue weighted by Gasteiger charge is 2.10. The van der Waals surface area contributed by atoms with Gasteiger partial charge in [-0.2, -0.15) is 15.0 Å². The number of benzene rings is 1. The van der Waals surface area contributed by atoms with E-state index in [9.17, 15) is 0 Å². The smallest absolute Gasteiger partial charge is 0.231 e. The fourth-order valence-electron chi connectivity index (χ4n) is 2.52. The third-order valence-electron chi connectivity index (χ3n) is 3.84. The Morgan fingerprint density at radius 2 is 1.72 bits per heavy atom. The minimum Gasteiger partial charge on any atom is -0.360 e. The van der Waals surface area contributed by atoms with Crippen LogP contribution in [0.5, 0.6) is 0 Å². The van der Waals surface area contributed by atoms with Crippen LogP contribution < -0.4 is 15.1 Å². The Morgan fingerprint density at radius 3 is 2.36 bits per heavy atom. The minimum absolute atomic E-state index is 0.570. The highest BCUT2D eigenvalue weighted by Crippen LogP contribution is 2.25. The maximum Gasteiger partial charge on any atom is 0.231 e. The van der Waals surface area contributed by atoms with Crippen molar-refractivity contribution in [2.45, 2.75) is 6.42 Å². The first-order valence-electron chi connectivity index (χ1n) is 8.05. The lowest BCUT2D eigenvalue weighted by Crippen LogP contribution is -2.20. The number of aromatic nitrogens is 4. The highest BCUT2D eigenvalue weighted by atomic mass is 35.5. The van der Waals surface area contributed by atoms with Crippen molar-refractivity contribution in [2.24, 2.45) is 0 Å². The molecule has 3 aromatic rings. The average molecular weight is 360 g/mol. The first-order chi connectivity index (χ1) is 12.0. The molecule has 0 amide bonds. The lowest BCUT2D eigenvalue weighted by atomic mass is 10.1. The topological polar surface area (TPSA) is 73.0 Å². The van der Waals surface area contributed by atoms with E-state index in [-0.39, 0.29) is 0 Å². The molecular formula is C17H22ClN7. The summed E-state index contributed by atoms with van der Waals surface area (Å²) in [5.41, 5.74) is 2.18. The Bertz CT molecular complexity index is 846. The van der Waals surface area contributed by atoms with Crippen LogP contribution in [0, 0.1) is 0 Å². The van der Waals surface area contributed by atoms with Crippen LogP contribution in [0.2, 0.25) is 5.02 Å². The van der Waals surface area contributed by atoms with Gasteiger partial charge in [-0.05, 0) is 18.1 Å². The minimum atomic E-state index is 0.570. The molecule has 0 spiro atoms. The van der Waals surface area contributed by atoms with Crippen molar-refractivity contribution in [3.05, 3.63) is 35.0 Å². The number of aromatic amines is 1. The van der Waals surface area contributed by atoms with Gasteiger partial charge in [0.05, 0.1) is 10.5 Å². The molecule has 8 heteroatoms. The zero-order valence-electron chi connectivity index (χ0n) is 14.8. The number of fused-ring (bicyclic) bond motifs is 1. The number of hydrogen-bond donors (Lipinski definition) is 2. The number of hydrogen-bond acceptors (Lipinski definition) is 6. The second kappa shape index (κ2) is 7.14. The van der Waals surface area contributed by atoms with Crippen LogP contribution in [-0.4, -0.2) is 54.7 Å². The first kappa shape index (κ1) is 17.3. The van der Waals surface area contributed by atoms with Crippen LogP contribution in [0.1, 0.15) is 5.56 Å². The summed E-state index contributed by atoms with van der Waals surface area (Å²) in [6, 6.07) is 5.93. The average Bonchev–Trinajstić information content (AvgIpc) is 2.99. The Morgan fingerprint density at radius 1 is 1.04 bits per heavy atom. The second-order valence-electron chi connectivity index (χ2n) is 6.20. The molecule has 0 radical (unpaired) electrons. The molecule has 2 N–H and O–H groups in total. The summed E-state index contributed by atoms with van der Waals surface area (Å²) < 4.78 is 0. The van der Waals surface area contributed by atoms with Crippen LogP contribution in [-0.2, 0) is 6.42 Å². The fourth-order valence-corrected chi connectivity index (χ4v) is 2.75. The van der Waals surface area contributed by atoms with Gasteiger partial charge in [-0.1, -0.05) is 23.7 Å². The van der Waals surface area contributed by atoms with Crippen molar-refractivity contribution < 1.29 is 0 Å². The Balaban J connectivity index is 1.74. The standard InChI is InChI=1S/C17H22ClN7/c1-24(2)16-21-15(22-17(23-16)25(3)4)19-9-8-11-10-20-14-12(11)6-5-7-13(14)18/h5-7,10,20H,8-9H2,1-4H3,(H,19,21,22,23). The molecule has 0 fully saturated rings. The molecule has 0 saturated carbocycles. The maximum atomic E-state index is 6.21. The number of rotatable bonds is 6. The van der Waals surface area contributed by atoms with Crippen molar-refractivity contribution in [1.82, 2.24) is 19.9 Å². The number of nitrogens with zero attached hydrogens (tertiary/aromatic N) is 5. The zero-order chi connectivity index (χ0) is 18.0. The third kappa shape index (κ3) is 3.76. The van der Waals surface area contributed by atoms with Crippen molar-refractivity contribution in [1.29, 1.82) is 0 Å². The van der Waals surface area contributed by atoms with E-state index < -0.39 is 0 Å².